The summed E-state index contributed by atoms with van der Waals surface area (Å²) in [5.74, 6) is 0.886. The highest BCUT2D eigenvalue weighted by Crippen LogP contribution is 2.34. The second-order valence-electron chi connectivity index (χ2n) is 6.24. The number of nitrogen functional groups attached to an aromatic ring is 1. The van der Waals surface area contributed by atoms with E-state index in [0.29, 0.717) is 5.25 Å². The molecule has 3 atom stereocenters. The number of hydrogen-bond donors (Lipinski definition) is 2. The number of carbonyl (C=O) groups is 1. The molecule has 1 aliphatic rings. The average molecular weight is 306 g/mol. The van der Waals surface area contributed by atoms with Gasteiger partial charge in [0.05, 0.1) is 5.25 Å². The molecule has 1 amide bonds. The Kier molecular flexibility index (Phi) is 5.57. The molecular formula is C17H26N2OS. The van der Waals surface area contributed by atoms with Crippen LogP contribution in [-0.2, 0) is 4.79 Å². The van der Waals surface area contributed by atoms with E-state index >= 15 is 0 Å². The number of carbonyl (C=O) groups excluding carboxylic acids is 1. The first kappa shape index (κ1) is 16.2. The molecule has 0 radical (unpaired) electrons. The molecule has 3 nitrogen and oxygen atoms in total. The quantitative estimate of drug-likeness (QED) is 0.819. The van der Waals surface area contributed by atoms with Crippen LogP contribution in [-0.4, -0.2) is 16.4 Å². The van der Waals surface area contributed by atoms with Gasteiger partial charge in [-0.25, -0.2) is 0 Å². The van der Waals surface area contributed by atoms with Gasteiger partial charge in [-0.3, -0.25) is 4.79 Å². The van der Waals surface area contributed by atoms with Gasteiger partial charge in [-0.05, 0) is 56.4 Å². The lowest BCUT2D eigenvalue weighted by Gasteiger charge is -2.28. The van der Waals surface area contributed by atoms with Crippen molar-refractivity contribution in [1.29, 1.82) is 0 Å². The molecule has 0 spiro atoms. The number of hydrogen-bond acceptors (Lipinski definition) is 3. The average Bonchev–Trinajstić information content (AvgIpc) is 2.41. The Balaban J connectivity index is 1.90. The summed E-state index contributed by atoms with van der Waals surface area (Å²) in [6.07, 6.45) is 5.11. The Morgan fingerprint density at radius 3 is 2.86 bits per heavy atom. The van der Waals surface area contributed by atoms with Crippen LogP contribution in [0, 0.1) is 12.8 Å². The van der Waals surface area contributed by atoms with Crippen molar-refractivity contribution in [2.45, 2.75) is 57.0 Å². The van der Waals surface area contributed by atoms with Crippen molar-refractivity contribution in [3.05, 3.63) is 23.8 Å². The lowest BCUT2D eigenvalue weighted by atomic mass is 9.91. The third-order valence-electron chi connectivity index (χ3n) is 4.16. The monoisotopic (exact) mass is 306 g/mol. The van der Waals surface area contributed by atoms with Crippen molar-refractivity contribution < 1.29 is 4.79 Å². The normalized spacial score (nSPS) is 23.6. The number of nitrogens with two attached hydrogens (primary N) is 1. The Bertz CT molecular complexity index is 504. The fourth-order valence-electron chi connectivity index (χ4n) is 2.91. The van der Waals surface area contributed by atoms with Crippen LogP contribution in [0.2, 0.25) is 0 Å². The molecule has 0 aromatic heterocycles. The highest BCUT2D eigenvalue weighted by molar-refractivity contribution is 8.01. The summed E-state index contributed by atoms with van der Waals surface area (Å²) in [5, 5.41) is 3.63. The Morgan fingerprint density at radius 2 is 2.19 bits per heavy atom. The molecule has 1 saturated carbocycles. The maximum atomic E-state index is 12.3. The third kappa shape index (κ3) is 4.67. The van der Waals surface area contributed by atoms with E-state index in [-0.39, 0.29) is 11.2 Å². The summed E-state index contributed by atoms with van der Waals surface area (Å²) >= 11 is 1.82. The first-order valence-electron chi connectivity index (χ1n) is 7.78. The van der Waals surface area contributed by atoms with Crippen LogP contribution in [0.1, 0.15) is 45.1 Å². The summed E-state index contributed by atoms with van der Waals surface area (Å²) in [4.78, 5) is 12.3. The standard InChI is InChI=1S/C17H26N2OS/c1-11-5-4-6-15(9-11)21-13(3)17(20)19-16-8-7-14(18)10-12(16)2/h7-8,10-11,13,15H,4-6,9,18H2,1-3H3,(H,19,20). The van der Waals surface area contributed by atoms with E-state index in [1.54, 1.807) is 0 Å². The van der Waals surface area contributed by atoms with Crippen LogP contribution in [0.3, 0.4) is 0 Å². The molecular weight excluding hydrogens is 280 g/mol. The number of aryl methyl sites for hydroxylation is 1. The highest BCUT2D eigenvalue weighted by Gasteiger charge is 2.24. The van der Waals surface area contributed by atoms with E-state index in [4.69, 9.17) is 5.73 Å². The van der Waals surface area contributed by atoms with Crippen LogP contribution < -0.4 is 11.1 Å². The zero-order valence-electron chi connectivity index (χ0n) is 13.2. The molecule has 4 heteroatoms. The lowest BCUT2D eigenvalue weighted by Crippen LogP contribution is -2.26. The minimum Gasteiger partial charge on any atom is -0.399 e. The zero-order valence-corrected chi connectivity index (χ0v) is 14.0. The topological polar surface area (TPSA) is 55.1 Å². The van der Waals surface area contributed by atoms with Crippen molar-refractivity contribution in [3.8, 4) is 0 Å². The number of amides is 1. The Labute approximate surface area is 132 Å². The van der Waals surface area contributed by atoms with Crippen molar-refractivity contribution in [2.24, 2.45) is 5.92 Å². The highest BCUT2D eigenvalue weighted by atomic mass is 32.2. The maximum absolute atomic E-state index is 12.3. The van der Waals surface area contributed by atoms with Gasteiger partial charge in [-0.2, -0.15) is 0 Å². The molecule has 0 saturated heterocycles. The molecule has 0 bridgehead atoms. The van der Waals surface area contributed by atoms with Gasteiger partial charge in [-0.15, -0.1) is 11.8 Å². The van der Waals surface area contributed by atoms with Gasteiger partial charge in [0.15, 0.2) is 0 Å². The first-order valence-corrected chi connectivity index (χ1v) is 8.72. The van der Waals surface area contributed by atoms with Crippen LogP contribution in [0.5, 0.6) is 0 Å². The lowest BCUT2D eigenvalue weighted by molar-refractivity contribution is -0.115. The van der Waals surface area contributed by atoms with Crippen LogP contribution in [0.4, 0.5) is 11.4 Å². The maximum Gasteiger partial charge on any atom is 0.237 e. The van der Waals surface area contributed by atoms with Crippen LogP contribution in [0.15, 0.2) is 18.2 Å². The molecule has 1 aliphatic carbocycles. The molecule has 1 fully saturated rings. The number of thioether (sulfide) groups is 1. The molecule has 3 N–H and O–H groups in total. The smallest absolute Gasteiger partial charge is 0.237 e. The Hall–Kier alpha value is -1.16. The summed E-state index contributed by atoms with van der Waals surface area (Å²) in [7, 11) is 0. The van der Waals surface area contributed by atoms with Gasteiger partial charge in [0.2, 0.25) is 5.91 Å². The van der Waals surface area contributed by atoms with Gasteiger partial charge in [0.25, 0.3) is 0 Å². The first-order chi connectivity index (χ1) is 9.95. The van der Waals surface area contributed by atoms with Crippen LogP contribution >= 0.6 is 11.8 Å². The zero-order chi connectivity index (χ0) is 15.4. The van der Waals surface area contributed by atoms with Gasteiger partial charge in [0, 0.05) is 16.6 Å². The fraction of sp³-hybridized carbons (Fsp3) is 0.588. The van der Waals surface area contributed by atoms with Crippen LogP contribution in [0.25, 0.3) is 0 Å². The number of rotatable bonds is 4. The molecule has 3 unspecified atom stereocenters. The second kappa shape index (κ2) is 7.21. The molecule has 116 valence electrons. The summed E-state index contributed by atoms with van der Waals surface area (Å²) in [5.41, 5.74) is 8.33. The number of benzene rings is 1. The van der Waals surface area contributed by atoms with Crippen molar-refractivity contribution in [1.82, 2.24) is 0 Å². The predicted molar refractivity (Wildman–Crippen MR) is 92.7 cm³/mol. The molecule has 2 rings (SSSR count). The molecule has 0 heterocycles. The number of nitrogens with one attached hydrogen (secondary N) is 1. The predicted octanol–water partition coefficient (Wildman–Crippen LogP) is 4.22. The minimum absolute atomic E-state index is 0.0164. The molecule has 0 aliphatic heterocycles. The fourth-order valence-corrected chi connectivity index (χ4v) is 4.42. The van der Waals surface area contributed by atoms with Gasteiger partial charge >= 0.3 is 0 Å². The van der Waals surface area contributed by atoms with E-state index in [1.807, 2.05) is 43.8 Å². The van der Waals surface area contributed by atoms with Gasteiger partial charge < -0.3 is 11.1 Å². The van der Waals surface area contributed by atoms with E-state index in [0.717, 1.165) is 22.9 Å². The van der Waals surface area contributed by atoms with E-state index < -0.39 is 0 Å². The molecule has 1 aromatic carbocycles. The molecule has 1 aromatic rings. The van der Waals surface area contributed by atoms with Crippen molar-refractivity contribution in [3.63, 3.8) is 0 Å². The second-order valence-corrected chi connectivity index (χ2v) is 7.88. The SMILES string of the molecule is Cc1cc(N)ccc1NC(=O)C(C)SC1CCCC(C)C1. The summed E-state index contributed by atoms with van der Waals surface area (Å²) < 4.78 is 0. The van der Waals surface area contributed by atoms with Crippen molar-refractivity contribution >= 4 is 29.0 Å². The van der Waals surface area contributed by atoms with E-state index in [9.17, 15) is 4.79 Å². The molecule has 21 heavy (non-hydrogen) atoms. The summed E-state index contributed by atoms with van der Waals surface area (Å²) in [6, 6.07) is 5.59. The number of anilines is 2. The van der Waals surface area contributed by atoms with Gasteiger partial charge in [0.1, 0.15) is 0 Å². The van der Waals surface area contributed by atoms with E-state index in [1.165, 1.54) is 25.7 Å². The van der Waals surface area contributed by atoms with Crippen molar-refractivity contribution in [2.75, 3.05) is 11.1 Å². The summed E-state index contributed by atoms with van der Waals surface area (Å²) in [6.45, 7) is 6.29. The Morgan fingerprint density at radius 1 is 1.43 bits per heavy atom. The largest absolute Gasteiger partial charge is 0.399 e. The third-order valence-corrected chi connectivity index (χ3v) is 5.60. The van der Waals surface area contributed by atoms with E-state index in [2.05, 4.69) is 12.2 Å². The minimum atomic E-state index is -0.0164. The van der Waals surface area contributed by atoms with Gasteiger partial charge in [-0.1, -0.05) is 19.8 Å².